The summed E-state index contributed by atoms with van der Waals surface area (Å²) in [5, 5.41) is 0. The second kappa shape index (κ2) is 12.4. The van der Waals surface area contributed by atoms with E-state index in [1.807, 2.05) is 0 Å². The number of aryl methyl sites for hydroxylation is 1. The minimum atomic E-state index is 0.785. The first kappa shape index (κ1) is 22.4. The fraction of sp³-hybridized carbons (Fsp3) is 0.655. The molecular formula is C29H44. The van der Waals surface area contributed by atoms with Crippen molar-refractivity contribution in [3.8, 4) is 0 Å². The molecule has 0 heteroatoms. The first-order chi connectivity index (χ1) is 14.3. The van der Waals surface area contributed by atoms with Gasteiger partial charge in [0.25, 0.3) is 0 Å². The van der Waals surface area contributed by atoms with Gasteiger partial charge >= 0.3 is 0 Å². The van der Waals surface area contributed by atoms with Crippen molar-refractivity contribution in [2.75, 3.05) is 0 Å². The molecule has 0 aliphatic heterocycles. The van der Waals surface area contributed by atoms with E-state index in [0.29, 0.717) is 0 Å². The molecule has 0 N–H and O–H groups in total. The van der Waals surface area contributed by atoms with Crippen LogP contribution in [0.25, 0.3) is 5.57 Å². The van der Waals surface area contributed by atoms with Gasteiger partial charge in [-0.25, -0.2) is 0 Å². The Labute approximate surface area is 180 Å². The summed E-state index contributed by atoms with van der Waals surface area (Å²) >= 11 is 0. The van der Waals surface area contributed by atoms with Crippen LogP contribution in [0.4, 0.5) is 0 Å². The minimum absolute atomic E-state index is 0.785. The first-order valence-electron chi connectivity index (χ1n) is 12.8. The van der Waals surface area contributed by atoms with E-state index < -0.39 is 0 Å². The van der Waals surface area contributed by atoms with E-state index in [1.54, 1.807) is 0 Å². The van der Waals surface area contributed by atoms with Crippen molar-refractivity contribution in [3.63, 3.8) is 0 Å². The summed E-state index contributed by atoms with van der Waals surface area (Å²) in [7, 11) is 0. The molecular weight excluding hydrogens is 348 g/mol. The maximum absolute atomic E-state index is 2.53. The molecule has 0 aromatic heterocycles. The monoisotopic (exact) mass is 392 g/mol. The molecule has 0 heterocycles. The number of rotatable bonds is 11. The zero-order valence-electron chi connectivity index (χ0n) is 19.2. The standard InChI is InChI=1S/C29H44/c1-3-5-6-7-8-9-11-25-14-18-27(19-15-25)29-22-20-28(21-23-29)26-16-12-24(10-4-2)13-17-26/h14-15,18-20,22-24,26,28H,3-13,16-17,21H2,1-2H3/t24-,26-,28?. The van der Waals surface area contributed by atoms with Crippen molar-refractivity contribution in [2.45, 2.75) is 104 Å². The average molecular weight is 393 g/mol. The van der Waals surface area contributed by atoms with Gasteiger partial charge in [-0.2, -0.15) is 0 Å². The van der Waals surface area contributed by atoms with Crippen molar-refractivity contribution >= 4 is 5.57 Å². The van der Waals surface area contributed by atoms with Crippen molar-refractivity contribution in [2.24, 2.45) is 17.8 Å². The van der Waals surface area contributed by atoms with Crippen LogP contribution in [-0.4, -0.2) is 0 Å². The Balaban J connectivity index is 1.41. The molecule has 0 nitrogen and oxygen atoms in total. The lowest BCUT2D eigenvalue weighted by Gasteiger charge is -2.33. The lowest BCUT2D eigenvalue weighted by Crippen LogP contribution is -2.21. The lowest BCUT2D eigenvalue weighted by atomic mass is 9.72. The highest BCUT2D eigenvalue weighted by molar-refractivity contribution is 5.75. The smallest absolute Gasteiger partial charge is 0.0167 e. The zero-order chi connectivity index (χ0) is 20.3. The molecule has 1 aromatic carbocycles. The van der Waals surface area contributed by atoms with Gasteiger partial charge < -0.3 is 0 Å². The third-order valence-corrected chi connectivity index (χ3v) is 7.43. The van der Waals surface area contributed by atoms with Crippen LogP contribution in [0.5, 0.6) is 0 Å². The van der Waals surface area contributed by atoms with E-state index in [4.69, 9.17) is 0 Å². The molecule has 2 aliphatic carbocycles. The van der Waals surface area contributed by atoms with E-state index in [1.165, 1.54) is 107 Å². The second-order valence-corrected chi connectivity index (χ2v) is 9.70. The predicted octanol–water partition coefficient (Wildman–Crippen LogP) is 9.16. The molecule has 160 valence electrons. The molecule has 1 fully saturated rings. The molecule has 0 bridgehead atoms. The van der Waals surface area contributed by atoms with Crippen LogP contribution in [0.2, 0.25) is 0 Å². The van der Waals surface area contributed by atoms with Gasteiger partial charge in [-0.1, -0.05) is 114 Å². The number of hydrogen-bond acceptors (Lipinski definition) is 0. The number of hydrogen-bond donors (Lipinski definition) is 0. The largest absolute Gasteiger partial charge is 0.0802 e. The third-order valence-electron chi connectivity index (χ3n) is 7.43. The summed E-state index contributed by atoms with van der Waals surface area (Å²) in [6, 6.07) is 9.41. The summed E-state index contributed by atoms with van der Waals surface area (Å²) in [5.74, 6) is 2.73. The van der Waals surface area contributed by atoms with Crippen LogP contribution < -0.4 is 0 Å². The summed E-state index contributed by atoms with van der Waals surface area (Å²) in [5.41, 5.74) is 4.34. The number of benzene rings is 1. The Hall–Kier alpha value is -1.30. The molecule has 3 rings (SSSR count). The topological polar surface area (TPSA) is 0 Å². The molecule has 0 amide bonds. The van der Waals surface area contributed by atoms with Gasteiger partial charge in [-0.15, -0.1) is 0 Å². The van der Waals surface area contributed by atoms with Crippen LogP contribution in [-0.2, 0) is 6.42 Å². The van der Waals surface area contributed by atoms with Gasteiger partial charge in [0.15, 0.2) is 0 Å². The highest BCUT2D eigenvalue weighted by Crippen LogP contribution is 2.39. The first-order valence-corrected chi connectivity index (χ1v) is 12.8. The Kier molecular flexibility index (Phi) is 9.58. The Morgan fingerprint density at radius 1 is 0.793 bits per heavy atom. The second-order valence-electron chi connectivity index (χ2n) is 9.70. The van der Waals surface area contributed by atoms with E-state index in [9.17, 15) is 0 Å². The molecule has 1 unspecified atom stereocenters. The van der Waals surface area contributed by atoms with Crippen LogP contribution in [0.15, 0.2) is 42.5 Å². The van der Waals surface area contributed by atoms with Gasteiger partial charge in [0, 0.05) is 0 Å². The van der Waals surface area contributed by atoms with E-state index in [-0.39, 0.29) is 0 Å². The van der Waals surface area contributed by atoms with Gasteiger partial charge in [0.2, 0.25) is 0 Å². The summed E-state index contributed by atoms with van der Waals surface area (Å²) in [4.78, 5) is 0. The highest BCUT2D eigenvalue weighted by Gasteiger charge is 2.26. The van der Waals surface area contributed by atoms with Gasteiger partial charge in [-0.05, 0) is 66.6 Å². The van der Waals surface area contributed by atoms with Gasteiger partial charge in [-0.3, -0.25) is 0 Å². The summed E-state index contributed by atoms with van der Waals surface area (Å²) in [6.45, 7) is 4.63. The fourth-order valence-electron chi connectivity index (χ4n) is 5.49. The Morgan fingerprint density at radius 3 is 2.17 bits per heavy atom. The zero-order valence-corrected chi connectivity index (χ0v) is 19.2. The fourth-order valence-corrected chi connectivity index (χ4v) is 5.49. The molecule has 2 aliphatic rings. The lowest BCUT2D eigenvalue weighted by molar-refractivity contribution is 0.221. The van der Waals surface area contributed by atoms with Crippen LogP contribution in [0.3, 0.4) is 0 Å². The maximum Gasteiger partial charge on any atom is -0.0167 e. The summed E-state index contributed by atoms with van der Waals surface area (Å²) in [6.07, 6.45) is 26.9. The van der Waals surface area contributed by atoms with Crippen molar-refractivity contribution in [3.05, 3.63) is 53.6 Å². The number of unbranched alkanes of at least 4 members (excludes halogenated alkanes) is 5. The summed E-state index contributed by atoms with van der Waals surface area (Å²) < 4.78 is 0. The average Bonchev–Trinajstić information content (AvgIpc) is 2.78. The Bertz CT molecular complexity index is 625. The minimum Gasteiger partial charge on any atom is -0.0802 e. The van der Waals surface area contributed by atoms with Crippen LogP contribution in [0.1, 0.15) is 108 Å². The maximum atomic E-state index is 2.53. The van der Waals surface area contributed by atoms with E-state index in [2.05, 4.69) is 56.3 Å². The highest BCUT2D eigenvalue weighted by atomic mass is 14.3. The van der Waals surface area contributed by atoms with Crippen LogP contribution in [0, 0.1) is 17.8 Å². The quantitative estimate of drug-likeness (QED) is 0.329. The van der Waals surface area contributed by atoms with Gasteiger partial charge in [0.1, 0.15) is 0 Å². The molecule has 29 heavy (non-hydrogen) atoms. The van der Waals surface area contributed by atoms with Crippen LogP contribution >= 0.6 is 0 Å². The predicted molar refractivity (Wildman–Crippen MR) is 129 cm³/mol. The molecule has 1 aromatic rings. The van der Waals surface area contributed by atoms with Gasteiger partial charge in [0.05, 0.1) is 0 Å². The molecule has 1 saturated carbocycles. The normalized spacial score (nSPS) is 24.5. The third kappa shape index (κ3) is 7.16. The molecule has 0 radical (unpaired) electrons. The van der Waals surface area contributed by atoms with Crippen molar-refractivity contribution in [1.82, 2.24) is 0 Å². The Morgan fingerprint density at radius 2 is 1.52 bits per heavy atom. The van der Waals surface area contributed by atoms with E-state index >= 15 is 0 Å². The molecule has 0 saturated heterocycles. The van der Waals surface area contributed by atoms with E-state index in [0.717, 1.165) is 17.8 Å². The van der Waals surface area contributed by atoms with Crippen molar-refractivity contribution < 1.29 is 0 Å². The SMILES string of the molecule is CCCCCCCCc1ccc(C2=CCC([C@H]3CC[C@H](CCC)CC3)C=C2)cc1. The van der Waals surface area contributed by atoms with Crippen molar-refractivity contribution in [1.29, 1.82) is 0 Å². The number of allylic oxidation sites excluding steroid dienone is 4. The molecule has 1 atom stereocenters. The molecule has 0 spiro atoms.